The van der Waals surface area contributed by atoms with Crippen LogP contribution in [0.25, 0.3) is 0 Å². The van der Waals surface area contributed by atoms with Crippen LogP contribution in [0.5, 0.6) is 0 Å². The number of carbonyl (C=O) groups excluding carboxylic acids is 1. The van der Waals surface area contributed by atoms with Crippen molar-refractivity contribution >= 4 is 5.91 Å². The summed E-state index contributed by atoms with van der Waals surface area (Å²) in [5.74, 6) is 3.29. The Labute approximate surface area is 165 Å². The van der Waals surface area contributed by atoms with Gasteiger partial charge in [0.25, 0.3) is 0 Å². The first-order valence-corrected chi connectivity index (χ1v) is 10.6. The monoisotopic (exact) mass is 383 g/mol. The number of hydrogen-bond donors (Lipinski definition) is 0. The Balaban J connectivity index is 1.30. The lowest BCUT2D eigenvalue weighted by Gasteiger charge is -2.42. The van der Waals surface area contributed by atoms with E-state index < -0.39 is 0 Å². The van der Waals surface area contributed by atoms with Gasteiger partial charge in [-0.3, -0.25) is 4.79 Å². The van der Waals surface area contributed by atoms with Gasteiger partial charge in [0.1, 0.15) is 17.9 Å². The van der Waals surface area contributed by atoms with Gasteiger partial charge in [0, 0.05) is 37.5 Å². The molecule has 3 aliphatic rings. The van der Waals surface area contributed by atoms with E-state index in [0.717, 1.165) is 48.4 Å². The minimum absolute atomic E-state index is 0.215. The molecule has 1 amide bonds. The van der Waals surface area contributed by atoms with E-state index in [1.165, 1.54) is 32.1 Å². The standard InChI is InChI=1S/C21H29N5O2/c1-14-17(15(2)28-24-14)6-7-19(27)25-11-18(21(12-25)8-3-9-21)20-23-22-13-26(20)10-16-4-5-16/h13,16,18H,3-12H2,1-2H3. The van der Waals surface area contributed by atoms with Crippen LogP contribution in [0.3, 0.4) is 0 Å². The molecule has 2 aromatic heterocycles. The molecule has 2 aliphatic carbocycles. The molecule has 2 aromatic rings. The minimum Gasteiger partial charge on any atom is -0.361 e. The second-order valence-corrected chi connectivity index (χ2v) is 9.13. The fourth-order valence-electron chi connectivity index (χ4n) is 5.15. The first-order chi connectivity index (χ1) is 13.6. The molecule has 7 heteroatoms. The van der Waals surface area contributed by atoms with Crippen LogP contribution in [0.2, 0.25) is 0 Å². The molecular formula is C21H29N5O2. The average Bonchev–Trinajstić information content (AvgIpc) is 3.05. The largest absolute Gasteiger partial charge is 0.361 e. The highest BCUT2D eigenvalue weighted by atomic mass is 16.5. The maximum atomic E-state index is 13.0. The molecule has 2 saturated carbocycles. The summed E-state index contributed by atoms with van der Waals surface area (Å²) < 4.78 is 7.50. The van der Waals surface area contributed by atoms with E-state index >= 15 is 0 Å². The molecule has 3 heterocycles. The van der Waals surface area contributed by atoms with Crippen molar-refractivity contribution in [2.45, 2.75) is 71.3 Å². The molecule has 0 N–H and O–H groups in total. The van der Waals surface area contributed by atoms with Crippen molar-refractivity contribution < 1.29 is 9.32 Å². The molecule has 1 unspecified atom stereocenters. The average molecular weight is 383 g/mol. The summed E-state index contributed by atoms with van der Waals surface area (Å²) in [6, 6.07) is 0. The third kappa shape index (κ3) is 3.05. The van der Waals surface area contributed by atoms with Gasteiger partial charge in [-0.05, 0) is 57.3 Å². The zero-order valence-corrected chi connectivity index (χ0v) is 16.9. The fraction of sp³-hybridized carbons (Fsp3) is 0.714. The summed E-state index contributed by atoms with van der Waals surface area (Å²) in [4.78, 5) is 15.1. The van der Waals surface area contributed by atoms with E-state index in [0.29, 0.717) is 18.8 Å². The van der Waals surface area contributed by atoms with Gasteiger partial charge in [-0.15, -0.1) is 10.2 Å². The number of rotatable bonds is 6. The van der Waals surface area contributed by atoms with Crippen molar-refractivity contribution in [3.63, 3.8) is 0 Å². The van der Waals surface area contributed by atoms with Crippen molar-refractivity contribution in [1.82, 2.24) is 24.8 Å². The molecule has 0 radical (unpaired) electrons. The van der Waals surface area contributed by atoms with Crippen LogP contribution >= 0.6 is 0 Å². The molecule has 0 bridgehead atoms. The van der Waals surface area contributed by atoms with Gasteiger partial charge >= 0.3 is 0 Å². The lowest BCUT2D eigenvalue weighted by atomic mass is 9.62. The summed E-state index contributed by atoms with van der Waals surface area (Å²) in [5, 5.41) is 12.7. The van der Waals surface area contributed by atoms with Crippen molar-refractivity contribution in [3.8, 4) is 0 Å². The van der Waals surface area contributed by atoms with Crippen LogP contribution < -0.4 is 0 Å². The normalized spacial score (nSPS) is 23.4. The van der Waals surface area contributed by atoms with Crippen molar-refractivity contribution in [3.05, 3.63) is 29.2 Å². The quantitative estimate of drug-likeness (QED) is 0.766. The number of likely N-dealkylation sites (tertiary alicyclic amines) is 1. The van der Waals surface area contributed by atoms with Crippen molar-refractivity contribution in [2.75, 3.05) is 13.1 Å². The van der Waals surface area contributed by atoms with Crippen molar-refractivity contribution in [1.29, 1.82) is 0 Å². The molecule has 1 saturated heterocycles. The van der Waals surface area contributed by atoms with Crippen molar-refractivity contribution in [2.24, 2.45) is 11.3 Å². The Morgan fingerprint density at radius 3 is 2.79 bits per heavy atom. The van der Waals surface area contributed by atoms with Crippen LogP contribution in [0, 0.1) is 25.2 Å². The van der Waals surface area contributed by atoms with E-state index in [4.69, 9.17) is 4.52 Å². The Kier molecular flexibility index (Phi) is 4.29. The molecule has 5 rings (SSSR count). The maximum Gasteiger partial charge on any atom is 0.222 e. The molecule has 7 nitrogen and oxygen atoms in total. The smallest absolute Gasteiger partial charge is 0.222 e. The predicted molar refractivity (Wildman–Crippen MR) is 103 cm³/mol. The second kappa shape index (κ2) is 6.71. The minimum atomic E-state index is 0.215. The Bertz CT molecular complexity index is 858. The topological polar surface area (TPSA) is 77.1 Å². The molecule has 150 valence electrons. The van der Waals surface area contributed by atoms with E-state index in [9.17, 15) is 4.79 Å². The summed E-state index contributed by atoms with van der Waals surface area (Å²) in [5.41, 5.74) is 2.19. The number of carbonyl (C=O) groups is 1. The first kappa shape index (κ1) is 17.9. The molecule has 1 spiro atoms. The van der Waals surface area contributed by atoms with Gasteiger partial charge in [-0.1, -0.05) is 11.6 Å². The highest BCUT2D eigenvalue weighted by Gasteiger charge is 2.53. The number of hydrogen-bond acceptors (Lipinski definition) is 5. The SMILES string of the molecule is Cc1noc(C)c1CCC(=O)N1CC(c2nncn2CC2CC2)C2(CCC2)C1. The zero-order chi connectivity index (χ0) is 19.3. The zero-order valence-electron chi connectivity index (χ0n) is 16.9. The van der Waals surface area contributed by atoms with Crippen LogP contribution in [0.4, 0.5) is 0 Å². The second-order valence-electron chi connectivity index (χ2n) is 9.13. The maximum absolute atomic E-state index is 13.0. The number of aromatic nitrogens is 4. The highest BCUT2D eigenvalue weighted by Crippen LogP contribution is 2.55. The van der Waals surface area contributed by atoms with E-state index in [-0.39, 0.29) is 11.3 Å². The van der Waals surface area contributed by atoms with Gasteiger partial charge in [0.2, 0.25) is 5.91 Å². The number of nitrogens with zero attached hydrogens (tertiary/aromatic N) is 5. The summed E-state index contributed by atoms with van der Waals surface area (Å²) in [7, 11) is 0. The lowest BCUT2D eigenvalue weighted by Crippen LogP contribution is -2.38. The van der Waals surface area contributed by atoms with E-state index in [1.54, 1.807) is 0 Å². The number of aryl methyl sites for hydroxylation is 2. The predicted octanol–water partition coefficient (Wildman–Crippen LogP) is 3.02. The van der Waals surface area contributed by atoms with Crippen LogP contribution in [0.15, 0.2) is 10.9 Å². The molecule has 3 fully saturated rings. The summed E-state index contributed by atoms with van der Waals surface area (Å²) in [6.07, 6.45) is 9.39. The summed E-state index contributed by atoms with van der Waals surface area (Å²) >= 11 is 0. The van der Waals surface area contributed by atoms with Gasteiger partial charge in [-0.2, -0.15) is 0 Å². The third-order valence-corrected chi connectivity index (χ3v) is 7.23. The van der Waals surface area contributed by atoms with Crippen LogP contribution in [-0.2, 0) is 17.8 Å². The first-order valence-electron chi connectivity index (χ1n) is 10.6. The Morgan fingerprint density at radius 1 is 1.32 bits per heavy atom. The van der Waals surface area contributed by atoms with E-state index in [2.05, 4.69) is 24.8 Å². The van der Waals surface area contributed by atoms with Gasteiger partial charge in [0.05, 0.1) is 5.69 Å². The Morgan fingerprint density at radius 2 is 2.14 bits per heavy atom. The van der Waals surface area contributed by atoms with Crippen LogP contribution in [-0.4, -0.2) is 43.8 Å². The molecule has 0 aromatic carbocycles. The molecule has 1 aliphatic heterocycles. The van der Waals surface area contributed by atoms with E-state index in [1.807, 2.05) is 20.2 Å². The van der Waals surface area contributed by atoms with Gasteiger partial charge in [0.15, 0.2) is 0 Å². The highest BCUT2D eigenvalue weighted by molar-refractivity contribution is 5.77. The molecular weight excluding hydrogens is 354 g/mol. The Hall–Kier alpha value is -2.18. The lowest BCUT2D eigenvalue weighted by molar-refractivity contribution is -0.130. The number of amides is 1. The van der Waals surface area contributed by atoms with Gasteiger partial charge < -0.3 is 14.0 Å². The summed E-state index contributed by atoms with van der Waals surface area (Å²) in [6.45, 7) is 6.55. The van der Waals surface area contributed by atoms with Crippen LogP contribution in [0.1, 0.15) is 67.3 Å². The van der Waals surface area contributed by atoms with Gasteiger partial charge in [-0.25, -0.2) is 0 Å². The fourth-order valence-corrected chi connectivity index (χ4v) is 5.15. The molecule has 1 atom stereocenters. The third-order valence-electron chi connectivity index (χ3n) is 7.23. The molecule has 28 heavy (non-hydrogen) atoms.